The molecule has 2 aliphatic rings. The minimum atomic E-state index is -0.106. The fourth-order valence-corrected chi connectivity index (χ4v) is 2.25. The van der Waals surface area contributed by atoms with E-state index in [-0.39, 0.29) is 6.17 Å². The number of benzene rings is 1. The van der Waals surface area contributed by atoms with E-state index in [0.717, 1.165) is 24.6 Å². The summed E-state index contributed by atoms with van der Waals surface area (Å²) in [7, 11) is 0. The van der Waals surface area contributed by atoms with Crippen molar-refractivity contribution in [2.24, 2.45) is 16.6 Å². The topological polar surface area (TPSA) is 62.9 Å². The molecule has 1 aromatic rings. The summed E-state index contributed by atoms with van der Waals surface area (Å²) in [5.41, 5.74) is 10.9. The van der Waals surface area contributed by atoms with Gasteiger partial charge in [-0.2, -0.15) is 0 Å². The Bertz CT molecular complexity index is 517. The van der Waals surface area contributed by atoms with Crippen LogP contribution < -0.4 is 11.2 Å². The highest BCUT2D eigenvalue weighted by atomic mass is 16.7. The van der Waals surface area contributed by atoms with E-state index in [2.05, 4.69) is 48.2 Å². The maximum atomic E-state index is 5.63. The number of hydrogen-bond acceptors (Lipinski definition) is 5. The molecule has 3 rings (SSSR count). The molecule has 0 aliphatic carbocycles. The molecule has 0 aromatic heterocycles. The van der Waals surface area contributed by atoms with Gasteiger partial charge >= 0.3 is 0 Å². The number of aryl methyl sites for hydroxylation is 1. The van der Waals surface area contributed by atoms with Crippen molar-refractivity contribution < 1.29 is 4.84 Å². The van der Waals surface area contributed by atoms with Crippen molar-refractivity contribution in [1.29, 1.82) is 0 Å². The summed E-state index contributed by atoms with van der Waals surface area (Å²) in [6, 6.07) is 8.29. The molecule has 0 amide bonds. The van der Waals surface area contributed by atoms with Crippen LogP contribution >= 0.6 is 0 Å². The Hall–Kier alpha value is -2.01. The van der Waals surface area contributed by atoms with E-state index >= 15 is 0 Å². The van der Waals surface area contributed by atoms with Crippen molar-refractivity contribution in [3.8, 4) is 0 Å². The molecular formula is C14H18N4O. The molecule has 5 heteroatoms. The lowest BCUT2D eigenvalue weighted by Crippen LogP contribution is -2.51. The van der Waals surface area contributed by atoms with Gasteiger partial charge in [0.2, 0.25) is 5.90 Å². The molecule has 1 fully saturated rings. The van der Waals surface area contributed by atoms with Gasteiger partial charge in [0.1, 0.15) is 0 Å². The van der Waals surface area contributed by atoms with E-state index in [9.17, 15) is 0 Å². The van der Waals surface area contributed by atoms with Gasteiger partial charge in [-0.05, 0) is 12.5 Å². The molecule has 3 N–H and O–H groups in total. The Kier molecular flexibility index (Phi) is 2.91. The third-order valence-electron chi connectivity index (χ3n) is 3.56. The van der Waals surface area contributed by atoms with Crippen LogP contribution in [0, 0.1) is 12.8 Å². The van der Waals surface area contributed by atoms with Crippen molar-refractivity contribution >= 4 is 5.90 Å². The average Bonchev–Trinajstić information content (AvgIpc) is 2.77. The number of nitrogens with two attached hydrogens (primary N) is 1. The second-order valence-electron chi connectivity index (χ2n) is 5.09. The van der Waals surface area contributed by atoms with Gasteiger partial charge in [0.15, 0.2) is 6.17 Å². The number of aliphatic imine (C=N–C) groups is 1. The predicted octanol–water partition coefficient (Wildman–Crippen LogP) is 1.29. The Morgan fingerprint density at radius 3 is 2.74 bits per heavy atom. The van der Waals surface area contributed by atoms with Crippen LogP contribution in [0.25, 0.3) is 0 Å². The highest BCUT2D eigenvalue weighted by Crippen LogP contribution is 2.26. The molecule has 19 heavy (non-hydrogen) atoms. The molecule has 2 aliphatic heterocycles. The molecule has 5 nitrogen and oxygen atoms in total. The van der Waals surface area contributed by atoms with Gasteiger partial charge in [0.25, 0.3) is 0 Å². The van der Waals surface area contributed by atoms with Gasteiger partial charge in [-0.3, -0.25) is 0 Å². The Morgan fingerprint density at radius 1 is 1.42 bits per heavy atom. The zero-order valence-corrected chi connectivity index (χ0v) is 11.0. The van der Waals surface area contributed by atoms with Gasteiger partial charge in [-0.15, -0.1) is 5.48 Å². The number of nitrogens with one attached hydrogen (secondary N) is 1. The highest BCUT2D eigenvalue weighted by Gasteiger charge is 2.36. The maximum absolute atomic E-state index is 5.63. The van der Waals surface area contributed by atoms with Gasteiger partial charge < -0.3 is 15.5 Å². The van der Waals surface area contributed by atoms with Crippen molar-refractivity contribution in [2.75, 3.05) is 13.1 Å². The monoisotopic (exact) mass is 258 g/mol. The fourth-order valence-electron chi connectivity index (χ4n) is 2.25. The lowest BCUT2D eigenvalue weighted by atomic mass is 10.0. The van der Waals surface area contributed by atoms with E-state index in [1.165, 1.54) is 5.56 Å². The molecule has 1 atom stereocenters. The molecule has 100 valence electrons. The molecule has 1 aromatic carbocycles. The first-order chi connectivity index (χ1) is 9.13. The second kappa shape index (κ2) is 4.59. The zero-order valence-electron chi connectivity index (χ0n) is 11.0. The molecule has 2 heterocycles. The maximum Gasteiger partial charge on any atom is 0.218 e. The first-order valence-electron chi connectivity index (χ1n) is 6.39. The number of likely N-dealkylation sites (tertiary alicyclic amines) is 1. The molecule has 0 radical (unpaired) electrons. The van der Waals surface area contributed by atoms with Gasteiger partial charge in [-0.1, -0.05) is 36.4 Å². The second-order valence-corrected chi connectivity index (χ2v) is 5.09. The lowest BCUT2D eigenvalue weighted by molar-refractivity contribution is 0.127. The zero-order chi connectivity index (χ0) is 13.4. The third kappa shape index (κ3) is 2.29. The van der Waals surface area contributed by atoms with E-state index in [0.29, 0.717) is 11.7 Å². The SMILES string of the molecule is C=C(N)N1CC(C2=NC(c3ccc(C)cc3)NO2)C1. The molecule has 0 spiro atoms. The van der Waals surface area contributed by atoms with Crippen molar-refractivity contribution in [3.63, 3.8) is 0 Å². The summed E-state index contributed by atoms with van der Waals surface area (Å²) in [6.07, 6.45) is -0.106. The largest absolute Gasteiger partial charge is 0.391 e. The lowest BCUT2D eigenvalue weighted by Gasteiger charge is -2.39. The smallest absolute Gasteiger partial charge is 0.218 e. The number of hydrogen-bond donors (Lipinski definition) is 2. The normalized spacial score (nSPS) is 22.7. The van der Waals surface area contributed by atoms with Crippen LogP contribution in [0.5, 0.6) is 0 Å². The van der Waals surface area contributed by atoms with Crippen LogP contribution in [0.1, 0.15) is 17.3 Å². The quantitative estimate of drug-likeness (QED) is 0.857. The Morgan fingerprint density at radius 2 is 2.11 bits per heavy atom. The minimum absolute atomic E-state index is 0.106. The standard InChI is InChI=1S/C14H18N4O/c1-9-3-5-11(6-4-9)13-16-14(19-17-13)12-7-18(8-12)10(2)15/h3-6,12-13,17H,2,7-8,15H2,1H3. The summed E-state index contributed by atoms with van der Waals surface area (Å²) < 4.78 is 0. The average molecular weight is 258 g/mol. The Labute approximate surface area is 112 Å². The first-order valence-corrected chi connectivity index (χ1v) is 6.39. The van der Waals surface area contributed by atoms with Gasteiger partial charge in [0.05, 0.1) is 11.7 Å². The van der Waals surface area contributed by atoms with Crippen LogP contribution in [-0.4, -0.2) is 23.9 Å². The predicted molar refractivity (Wildman–Crippen MR) is 74.0 cm³/mol. The number of nitrogens with zero attached hydrogens (tertiary/aromatic N) is 2. The summed E-state index contributed by atoms with van der Waals surface area (Å²) in [6.45, 7) is 7.45. The minimum Gasteiger partial charge on any atom is -0.391 e. The van der Waals surface area contributed by atoms with Crippen LogP contribution in [0.3, 0.4) is 0 Å². The van der Waals surface area contributed by atoms with Crippen molar-refractivity contribution in [3.05, 3.63) is 47.8 Å². The van der Waals surface area contributed by atoms with E-state index in [4.69, 9.17) is 10.6 Å². The first kappa shape index (κ1) is 12.0. The van der Waals surface area contributed by atoms with Crippen molar-refractivity contribution in [2.45, 2.75) is 13.1 Å². The summed E-state index contributed by atoms with van der Waals surface area (Å²) in [5, 5.41) is 0. The highest BCUT2D eigenvalue weighted by molar-refractivity contribution is 5.81. The molecule has 0 saturated carbocycles. The Balaban J connectivity index is 1.65. The van der Waals surface area contributed by atoms with Crippen LogP contribution in [0.4, 0.5) is 0 Å². The van der Waals surface area contributed by atoms with Crippen LogP contribution in [0.2, 0.25) is 0 Å². The fraction of sp³-hybridized carbons (Fsp3) is 0.357. The van der Waals surface area contributed by atoms with Crippen LogP contribution in [0.15, 0.2) is 41.7 Å². The van der Waals surface area contributed by atoms with E-state index < -0.39 is 0 Å². The molecule has 1 saturated heterocycles. The summed E-state index contributed by atoms with van der Waals surface area (Å²) in [4.78, 5) is 12.1. The van der Waals surface area contributed by atoms with Crippen LogP contribution in [-0.2, 0) is 4.84 Å². The van der Waals surface area contributed by atoms with Gasteiger partial charge in [-0.25, -0.2) is 4.99 Å². The number of hydroxylamine groups is 1. The summed E-state index contributed by atoms with van der Waals surface area (Å²) in [5.74, 6) is 1.68. The van der Waals surface area contributed by atoms with Crippen molar-refractivity contribution in [1.82, 2.24) is 10.4 Å². The van der Waals surface area contributed by atoms with Gasteiger partial charge in [0, 0.05) is 13.1 Å². The number of rotatable bonds is 3. The van der Waals surface area contributed by atoms with E-state index in [1.807, 2.05) is 4.90 Å². The molecular weight excluding hydrogens is 240 g/mol. The van der Waals surface area contributed by atoms with E-state index in [1.54, 1.807) is 0 Å². The third-order valence-corrected chi connectivity index (χ3v) is 3.56. The molecule has 0 bridgehead atoms. The summed E-state index contributed by atoms with van der Waals surface area (Å²) >= 11 is 0. The molecule has 1 unspecified atom stereocenters.